The van der Waals surface area contributed by atoms with E-state index in [-0.39, 0.29) is 0 Å². The van der Waals surface area contributed by atoms with Crippen molar-refractivity contribution in [1.82, 2.24) is 64.8 Å². The number of hydrogen-bond acceptors (Lipinski definition) is 14. The van der Waals surface area contributed by atoms with E-state index in [1.165, 1.54) is 18.0 Å². The summed E-state index contributed by atoms with van der Waals surface area (Å²) in [6.07, 6.45) is 21.6. The SMILES string of the molecule is CC(C)(C)C.CC(C)(C)C.CC(C)(C)C.CC(C)(C)C.CC(C)C.CC(C)C.c1ccc2ncccc2c1.c1ccc2ncncc2c1.c1cnc2ncccc2c1.c1ncc2[nH]cnc2n1.c1ncc2occc2n1.c1ncc2sccc2n1. The average molecular weight is 1170 g/mol. The van der Waals surface area contributed by atoms with Crippen molar-refractivity contribution >= 4 is 76.7 Å². The van der Waals surface area contributed by atoms with Crippen LogP contribution in [-0.4, -0.2) is 64.8 Å². The number of thiophene rings is 1. The smallest absolute Gasteiger partial charge is 0.180 e. The second-order valence-electron chi connectivity index (χ2n) is 26.8. The Labute approximate surface area is 512 Å². The van der Waals surface area contributed by atoms with Gasteiger partial charge in [-0.25, -0.2) is 54.8 Å². The lowest BCUT2D eigenvalue weighted by atomic mass is 10.0. The van der Waals surface area contributed by atoms with Crippen LogP contribution in [0.3, 0.4) is 0 Å². The molecule has 0 fully saturated rings. The summed E-state index contributed by atoms with van der Waals surface area (Å²) in [5.74, 6) is 1.67. The maximum atomic E-state index is 4.99. The Kier molecular flexibility index (Phi) is 35.5. The lowest BCUT2D eigenvalue weighted by molar-refractivity contribution is 0.469. The molecule has 456 valence electrons. The van der Waals surface area contributed by atoms with Crippen LogP contribution in [0.1, 0.15) is 152 Å². The minimum absolute atomic E-state index is 0.500. The van der Waals surface area contributed by atoms with Gasteiger partial charge in [-0.15, -0.1) is 11.3 Å². The van der Waals surface area contributed by atoms with Crippen LogP contribution in [0.25, 0.3) is 65.3 Å². The highest BCUT2D eigenvalue weighted by molar-refractivity contribution is 7.17. The van der Waals surface area contributed by atoms with Crippen molar-refractivity contribution in [3.05, 3.63) is 184 Å². The molecular formula is C70H99N13OS. The van der Waals surface area contributed by atoms with Gasteiger partial charge in [0.1, 0.15) is 36.3 Å². The number of imidazole rings is 1. The Hall–Kier alpha value is -8.04. The largest absolute Gasteiger partial charge is 0.461 e. The third-order valence-electron chi connectivity index (χ3n) is 7.66. The quantitative estimate of drug-likeness (QED) is 0.151. The normalized spacial score (nSPS) is 10.4. The topological polar surface area (TPSA) is 184 Å². The van der Waals surface area contributed by atoms with Gasteiger partial charge in [-0.2, -0.15) is 0 Å². The number of para-hydroxylation sites is 2. The molecule has 14 nitrogen and oxygen atoms in total. The van der Waals surface area contributed by atoms with Crippen molar-refractivity contribution in [3.8, 4) is 0 Å². The van der Waals surface area contributed by atoms with E-state index in [1.54, 1.807) is 67.4 Å². The van der Waals surface area contributed by atoms with Gasteiger partial charge in [-0.3, -0.25) is 4.98 Å². The van der Waals surface area contributed by atoms with Gasteiger partial charge in [0.15, 0.2) is 16.9 Å². The number of H-pyrrole nitrogens is 1. The Balaban J connectivity index is 0.000000471. The van der Waals surface area contributed by atoms with Crippen LogP contribution >= 0.6 is 11.3 Å². The van der Waals surface area contributed by atoms with Crippen molar-refractivity contribution in [1.29, 1.82) is 0 Å². The van der Waals surface area contributed by atoms with Crippen LogP contribution in [0, 0.1) is 33.5 Å². The lowest BCUT2D eigenvalue weighted by Crippen LogP contribution is -1.93. The van der Waals surface area contributed by atoms with E-state index in [0.29, 0.717) is 27.3 Å². The molecule has 0 amide bonds. The third-order valence-corrected chi connectivity index (χ3v) is 8.50. The summed E-state index contributed by atoms with van der Waals surface area (Å²) in [4.78, 5) is 50.4. The zero-order valence-electron chi connectivity index (χ0n) is 55.2. The Morgan fingerprint density at radius 1 is 0.376 bits per heavy atom. The summed E-state index contributed by atoms with van der Waals surface area (Å²) >= 11 is 1.66. The number of hydrogen-bond donors (Lipinski definition) is 1. The third kappa shape index (κ3) is 44.2. The van der Waals surface area contributed by atoms with Crippen molar-refractivity contribution in [2.75, 3.05) is 0 Å². The van der Waals surface area contributed by atoms with Gasteiger partial charge >= 0.3 is 0 Å². The first-order chi connectivity index (χ1) is 39.8. The molecule has 0 atom stereocenters. The van der Waals surface area contributed by atoms with Crippen molar-refractivity contribution in [2.24, 2.45) is 33.5 Å². The monoisotopic (exact) mass is 1170 g/mol. The molecule has 10 heterocycles. The minimum Gasteiger partial charge on any atom is -0.461 e. The second kappa shape index (κ2) is 40.3. The molecule has 0 radical (unpaired) electrons. The molecule has 12 aromatic rings. The fourth-order valence-electron chi connectivity index (χ4n) is 4.97. The average Bonchev–Trinajstić information content (AvgIpc) is 4.40. The first-order valence-electron chi connectivity index (χ1n) is 28.7. The molecule has 0 unspecified atom stereocenters. The Bertz CT molecular complexity index is 2870. The van der Waals surface area contributed by atoms with E-state index < -0.39 is 0 Å². The van der Waals surface area contributed by atoms with Crippen LogP contribution in [0.15, 0.2) is 188 Å². The van der Waals surface area contributed by atoms with Crippen LogP contribution in [-0.2, 0) is 0 Å². The summed E-state index contributed by atoms with van der Waals surface area (Å²) in [6.45, 7) is 48.0. The zero-order chi connectivity index (χ0) is 63.9. The van der Waals surface area contributed by atoms with Gasteiger partial charge in [-0.1, -0.05) is 195 Å². The standard InChI is InChI=1S/C9H7N.2C8H6N2.C6H4N2O.C6H4N2S.C5H4N4.4C5H12.2C4H10/c1-2-6-9-8(4-1)5-3-7-10-9;1-3-7-4-2-6-10-8(7)9-5-1;1-2-4-8-7(3-1)5-9-6-10-8;2*1-2-9-6-3-7-4-8-5(1)6;1-4-5(8-2-6-1)9-3-7-4;4*1-5(2,3)4;2*1-4(2)3/h1-7H;2*1-6H;2*1-4H;1-3H,(H,6,7,8,9);4*1-4H3;2*4H,1-3H3. The molecule has 12 rings (SSSR count). The van der Waals surface area contributed by atoms with E-state index in [1.807, 2.05) is 103 Å². The van der Waals surface area contributed by atoms with Gasteiger partial charge in [0.25, 0.3) is 0 Å². The minimum atomic E-state index is 0.500. The lowest BCUT2D eigenvalue weighted by Gasteiger charge is -2.05. The molecule has 85 heavy (non-hydrogen) atoms. The molecule has 2 aromatic carbocycles. The van der Waals surface area contributed by atoms with Crippen molar-refractivity contribution in [3.63, 3.8) is 0 Å². The summed E-state index contributed by atoms with van der Waals surface area (Å²) in [5, 5.41) is 5.39. The molecule has 0 aliphatic carbocycles. The van der Waals surface area contributed by atoms with Crippen LogP contribution in [0.2, 0.25) is 0 Å². The highest BCUT2D eigenvalue weighted by Gasteiger charge is 1.99. The summed E-state index contributed by atoms with van der Waals surface area (Å²) < 4.78 is 6.14. The van der Waals surface area contributed by atoms with Gasteiger partial charge in [-0.05, 0) is 87.4 Å². The maximum Gasteiger partial charge on any atom is 0.180 e. The van der Waals surface area contributed by atoms with Crippen LogP contribution in [0.5, 0.6) is 0 Å². The van der Waals surface area contributed by atoms with Gasteiger partial charge in [0, 0.05) is 53.2 Å². The Morgan fingerprint density at radius 2 is 0.788 bits per heavy atom. The van der Waals surface area contributed by atoms with Gasteiger partial charge in [0.2, 0.25) is 0 Å². The van der Waals surface area contributed by atoms with E-state index in [9.17, 15) is 0 Å². The summed E-state index contributed by atoms with van der Waals surface area (Å²) in [5.41, 5.74) is 9.08. The van der Waals surface area contributed by atoms with Crippen LogP contribution < -0.4 is 0 Å². The molecule has 0 aliphatic heterocycles. The highest BCUT2D eigenvalue weighted by atomic mass is 32.1. The number of rotatable bonds is 0. The van der Waals surface area contributed by atoms with Gasteiger partial charge in [0.05, 0.1) is 46.2 Å². The molecule has 0 saturated heterocycles. The number of furan rings is 1. The fraction of sp³-hybridized carbons (Fsp3) is 0.400. The van der Waals surface area contributed by atoms with E-state index in [4.69, 9.17) is 4.42 Å². The van der Waals surface area contributed by atoms with Gasteiger partial charge < -0.3 is 9.40 Å². The highest BCUT2D eigenvalue weighted by Crippen LogP contribution is 2.16. The summed E-state index contributed by atoms with van der Waals surface area (Å²) in [6, 6.07) is 31.6. The number of fused-ring (bicyclic) bond motifs is 6. The van der Waals surface area contributed by atoms with E-state index in [2.05, 4.69) is 229 Å². The molecule has 15 heteroatoms. The predicted octanol–water partition coefficient (Wildman–Crippen LogP) is 20.3. The van der Waals surface area contributed by atoms with Crippen molar-refractivity contribution in [2.45, 2.75) is 152 Å². The maximum absolute atomic E-state index is 4.99. The van der Waals surface area contributed by atoms with Crippen molar-refractivity contribution < 1.29 is 4.42 Å². The number of benzene rings is 2. The first kappa shape index (κ1) is 75.0. The molecule has 0 spiro atoms. The predicted molar refractivity (Wildman–Crippen MR) is 363 cm³/mol. The molecule has 0 aliphatic rings. The zero-order valence-corrected chi connectivity index (χ0v) is 56.0. The number of nitrogens with one attached hydrogen (secondary N) is 1. The Morgan fingerprint density at radius 3 is 1.27 bits per heavy atom. The molecule has 0 saturated carbocycles. The number of pyridine rings is 3. The number of aromatic nitrogens is 13. The molecule has 1 N–H and O–H groups in total. The molecular weight excluding hydrogens is 1070 g/mol. The molecule has 10 aromatic heterocycles. The number of aromatic amines is 1. The first-order valence-corrected chi connectivity index (χ1v) is 29.6. The second-order valence-corrected chi connectivity index (χ2v) is 27.8. The molecule has 0 bridgehead atoms. The number of nitrogens with zero attached hydrogens (tertiary/aromatic N) is 12. The fourth-order valence-corrected chi connectivity index (χ4v) is 5.67. The van der Waals surface area contributed by atoms with E-state index >= 15 is 0 Å². The van der Waals surface area contributed by atoms with E-state index in [0.717, 1.165) is 66.1 Å². The van der Waals surface area contributed by atoms with Crippen LogP contribution in [0.4, 0.5) is 0 Å². The summed E-state index contributed by atoms with van der Waals surface area (Å²) in [7, 11) is 0.